The molecule has 0 saturated carbocycles. The van der Waals surface area contributed by atoms with E-state index >= 15 is 0 Å². The van der Waals surface area contributed by atoms with E-state index in [9.17, 15) is 80.5 Å². The van der Waals surface area contributed by atoms with E-state index in [0.717, 1.165) is 14.2 Å². The predicted molar refractivity (Wildman–Crippen MR) is 146 cm³/mol. The third kappa shape index (κ3) is 8.09. The largest absolute Gasteiger partial charge is 0.479 e. The van der Waals surface area contributed by atoms with Crippen molar-refractivity contribution in [1.29, 1.82) is 0 Å². The van der Waals surface area contributed by atoms with Crippen LogP contribution in [-0.4, -0.2) is 222 Å². The summed E-state index contributed by atoms with van der Waals surface area (Å²) in [6, 6.07) is 0. The molecule has 292 valence electrons. The Morgan fingerprint density at radius 2 is 0.608 bits per heavy atom. The van der Waals surface area contributed by atoms with Gasteiger partial charge >= 0.3 is 23.9 Å². The van der Waals surface area contributed by atoms with Crippen LogP contribution in [-0.2, 0) is 61.8 Å². The number of rotatable bonds is 12. The molecule has 25 heteroatoms. The zero-order valence-corrected chi connectivity index (χ0v) is 26.2. The molecule has 4 aliphatic heterocycles. The van der Waals surface area contributed by atoms with Gasteiger partial charge in [0.25, 0.3) is 0 Å². The first-order chi connectivity index (χ1) is 23.9. The molecule has 0 spiro atoms. The van der Waals surface area contributed by atoms with Gasteiger partial charge in [-0.3, -0.25) is 0 Å². The number of hydrogen-bond donors (Lipinski definition) is 12. The highest BCUT2D eigenvalue weighted by Crippen LogP contribution is 2.35. The predicted octanol–water partition coefficient (Wildman–Crippen LogP) is -8.07. The third-order valence-corrected chi connectivity index (χ3v) is 8.53. The molecule has 4 rings (SSSR count). The van der Waals surface area contributed by atoms with Crippen LogP contribution in [0.3, 0.4) is 0 Å². The number of hydrogen-bond acceptors (Lipinski definition) is 21. The van der Waals surface area contributed by atoms with Crippen LogP contribution in [0, 0.1) is 0 Å². The van der Waals surface area contributed by atoms with Gasteiger partial charge in [0, 0.05) is 14.2 Å². The summed E-state index contributed by atoms with van der Waals surface area (Å²) in [4.78, 5) is 47.8. The fraction of sp³-hybridized carbons (Fsp3) is 0.846. The highest BCUT2D eigenvalue weighted by molar-refractivity contribution is 5.75. The minimum Gasteiger partial charge on any atom is -0.479 e. The molecule has 4 fully saturated rings. The van der Waals surface area contributed by atoms with Crippen LogP contribution < -0.4 is 0 Å². The standard InChI is InChI=1S/C26H38O25/c1-43-11-3(27)8(32)24(49-15(11)19(35)36)46-13-5(29)10(34)26(51-17(13)21(39)40)47-14-6(30)9(33)25(50-18(14)22(41)42)45-12-4(28)7(31)23(44-2)48-16(12)20(37)38/h3-18,23-34H,1-2H3,(H,35,36)(H,37,38)(H,39,40)(H,41,42)/t3?,4?,5?,6?,7?,8?,9?,10?,11-,12-,13-,14-,15?,16?,17?,18?,23+,24+,25+,26+/m0/s1. The lowest BCUT2D eigenvalue weighted by molar-refractivity contribution is -0.378. The average Bonchev–Trinajstić information content (AvgIpc) is 3.07. The van der Waals surface area contributed by atoms with Crippen molar-refractivity contribution in [1.82, 2.24) is 0 Å². The highest BCUT2D eigenvalue weighted by Gasteiger charge is 2.58. The van der Waals surface area contributed by atoms with Crippen LogP contribution in [0.15, 0.2) is 0 Å². The van der Waals surface area contributed by atoms with Crippen molar-refractivity contribution in [3.8, 4) is 0 Å². The molecule has 0 aromatic heterocycles. The summed E-state index contributed by atoms with van der Waals surface area (Å²) in [5.41, 5.74) is 0. The fourth-order valence-corrected chi connectivity index (χ4v) is 5.86. The zero-order chi connectivity index (χ0) is 38.2. The third-order valence-electron chi connectivity index (χ3n) is 8.53. The Morgan fingerprint density at radius 1 is 0.373 bits per heavy atom. The van der Waals surface area contributed by atoms with Crippen molar-refractivity contribution in [3.63, 3.8) is 0 Å². The Balaban J connectivity index is 1.51. The van der Waals surface area contributed by atoms with Crippen molar-refractivity contribution in [2.75, 3.05) is 14.2 Å². The molecular weight excluding hydrogens is 712 g/mol. The maximum Gasteiger partial charge on any atom is 0.335 e. The number of carboxylic acids is 4. The van der Waals surface area contributed by atoms with E-state index in [0.29, 0.717) is 0 Å². The number of aliphatic hydroxyl groups is 8. The van der Waals surface area contributed by atoms with Gasteiger partial charge in [-0.1, -0.05) is 0 Å². The number of carbonyl (C=O) groups is 4. The van der Waals surface area contributed by atoms with Crippen molar-refractivity contribution in [2.45, 2.75) is 123 Å². The van der Waals surface area contributed by atoms with E-state index in [1.54, 1.807) is 0 Å². The lowest BCUT2D eigenvalue weighted by atomic mass is 9.95. The van der Waals surface area contributed by atoms with E-state index in [1.807, 2.05) is 0 Å². The van der Waals surface area contributed by atoms with Crippen LogP contribution in [0.1, 0.15) is 0 Å². The number of aliphatic hydroxyl groups excluding tert-OH is 8. The van der Waals surface area contributed by atoms with Crippen LogP contribution in [0.5, 0.6) is 0 Å². The van der Waals surface area contributed by atoms with Gasteiger partial charge in [-0.25, -0.2) is 19.2 Å². The SMILES string of the molecule is CO[C@@H]1OC(C(=O)O)[C@@H](O[C@@H]2OC(C(=O)O)[C@@H](O[C@@H]3OC(C(=O)O)[C@@H](O[C@@H]4OC(C(=O)O)[C@@H](OC)C(O)C4O)C(O)C3O)C(O)C2O)C(O)C1O. The molecule has 25 nitrogen and oxygen atoms in total. The van der Waals surface area contributed by atoms with Crippen molar-refractivity contribution in [3.05, 3.63) is 0 Å². The molecule has 4 heterocycles. The van der Waals surface area contributed by atoms with Gasteiger partial charge in [0.1, 0.15) is 73.2 Å². The zero-order valence-electron chi connectivity index (χ0n) is 26.2. The molecule has 12 unspecified atom stereocenters. The van der Waals surface area contributed by atoms with E-state index < -0.39 is 147 Å². The van der Waals surface area contributed by atoms with Crippen LogP contribution in [0.2, 0.25) is 0 Å². The highest BCUT2D eigenvalue weighted by atomic mass is 16.8. The van der Waals surface area contributed by atoms with E-state index in [-0.39, 0.29) is 0 Å². The van der Waals surface area contributed by atoms with Gasteiger partial charge in [0.2, 0.25) is 0 Å². The number of aliphatic carboxylic acids is 4. The molecule has 0 aromatic rings. The van der Waals surface area contributed by atoms with E-state index in [1.165, 1.54) is 0 Å². The van der Waals surface area contributed by atoms with Gasteiger partial charge in [-0.05, 0) is 0 Å². The van der Waals surface area contributed by atoms with Gasteiger partial charge in [0.05, 0.1) is 0 Å². The van der Waals surface area contributed by atoms with Crippen molar-refractivity contribution in [2.24, 2.45) is 0 Å². The monoisotopic (exact) mass is 750 g/mol. The fourth-order valence-electron chi connectivity index (χ4n) is 5.86. The Hall–Kier alpha value is -2.80. The first-order valence-electron chi connectivity index (χ1n) is 14.9. The van der Waals surface area contributed by atoms with E-state index in [4.69, 9.17) is 42.6 Å². The van der Waals surface area contributed by atoms with Gasteiger partial charge in [0.15, 0.2) is 49.6 Å². The summed E-state index contributed by atoms with van der Waals surface area (Å²) < 4.78 is 46.0. The number of ether oxygens (including phenoxy) is 9. The maximum atomic E-state index is 12.2. The van der Waals surface area contributed by atoms with E-state index in [2.05, 4.69) is 0 Å². The Morgan fingerprint density at radius 3 is 0.863 bits per heavy atom. The quantitative estimate of drug-likeness (QED) is 0.0881. The molecule has 4 saturated heterocycles. The Labute approximate surface area is 284 Å². The van der Waals surface area contributed by atoms with Crippen LogP contribution in [0.25, 0.3) is 0 Å². The normalized spacial score (nSPS) is 47.7. The van der Waals surface area contributed by atoms with Crippen LogP contribution in [0.4, 0.5) is 0 Å². The Kier molecular flexibility index (Phi) is 13.2. The average molecular weight is 751 g/mol. The molecular formula is C26H38O25. The van der Waals surface area contributed by atoms with Crippen LogP contribution >= 0.6 is 0 Å². The smallest absolute Gasteiger partial charge is 0.335 e. The molecule has 12 N–H and O–H groups in total. The van der Waals surface area contributed by atoms with Gasteiger partial charge in [-0.2, -0.15) is 0 Å². The summed E-state index contributed by atoms with van der Waals surface area (Å²) in [7, 11) is 2.02. The minimum absolute atomic E-state index is 1.000. The topological polar surface area (TPSA) is 394 Å². The summed E-state index contributed by atoms with van der Waals surface area (Å²) in [6.45, 7) is 0. The first kappa shape index (κ1) is 41.0. The number of carboxylic acid groups (broad SMARTS) is 4. The molecule has 0 amide bonds. The molecule has 20 atom stereocenters. The van der Waals surface area contributed by atoms with Crippen molar-refractivity contribution >= 4 is 23.9 Å². The van der Waals surface area contributed by atoms with Gasteiger partial charge < -0.3 is 104 Å². The second kappa shape index (κ2) is 16.5. The molecule has 0 bridgehead atoms. The molecule has 0 aliphatic carbocycles. The minimum atomic E-state index is -2.40. The molecule has 0 radical (unpaired) electrons. The number of methoxy groups -OCH3 is 2. The molecule has 4 aliphatic rings. The summed E-state index contributed by atoms with van der Waals surface area (Å²) >= 11 is 0. The Bertz CT molecular complexity index is 1250. The summed E-state index contributed by atoms with van der Waals surface area (Å²) in [6.07, 6.45) is -43.0. The second-order valence-corrected chi connectivity index (χ2v) is 11.7. The summed E-state index contributed by atoms with van der Waals surface area (Å²) in [5.74, 6) is -7.32. The summed E-state index contributed by atoms with van der Waals surface area (Å²) in [5, 5.41) is 123. The lowest BCUT2D eigenvalue weighted by Crippen LogP contribution is -2.68. The first-order valence-corrected chi connectivity index (χ1v) is 14.9. The maximum absolute atomic E-state index is 12.2. The van der Waals surface area contributed by atoms with Gasteiger partial charge in [-0.15, -0.1) is 0 Å². The molecule has 0 aromatic carbocycles. The lowest BCUT2D eigenvalue weighted by Gasteiger charge is -2.48. The second-order valence-electron chi connectivity index (χ2n) is 11.7. The van der Waals surface area contributed by atoms with Crippen molar-refractivity contribution < 1.29 is 123 Å². The molecule has 51 heavy (non-hydrogen) atoms.